The van der Waals surface area contributed by atoms with Gasteiger partial charge in [0.15, 0.2) is 0 Å². The van der Waals surface area contributed by atoms with Crippen LogP contribution in [-0.2, 0) is 11.2 Å². The molecule has 4 rings (SSSR count). The minimum absolute atomic E-state index is 0.0758. The second-order valence-electron chi connectivity index (χ2n) is 8.85. The van der Waals surface area contributed by atoms with Crippen LogP contribution in [-0.4, -0.2) is 12.5 Å². The number of amides is 1. The second kappa shape index (κ2) is 12.6. The van der Waals surface area contributed by atoms with Gasteiger partial charge in [-0.15, -0.1) is 0 Å². The molecule has 3 nitrogen and oxygen atoms in total. The summed E-state index contributed by atoms with van der Waals surface area (Å²) in [6.07, 6.45) is 0.513. The summed E-state index contributed by atoms with van der Waals surface area (Å²) < 4.78 is 13.5. The molecule has 0 aliphatic heterocycles. The lowest BCUT2D eigenvalue weighted by molar-refractivity contribution is -0.115. The van der Waals surface area contributed by atoms with Crippen molar-refractivity contribution in [2.45, 2.75) is 36.1 Å². The first-order valence-electron chi connectivity index (χ1n) is 11.8. The Balaban J connectivity index is 1.38. The first-order chi connectivity index (χ1) is 17.8. The molecule has 190 valence electrons. The fourth-order valence-electron chi connectivity index (χ4n) is 3.85. The third-order valence-corrected chi connectivity index (χ3v) is 7.66. The lowest BCUT2D eigenvalue weighted by Crippen LogP contribution is -2.32. The minimum atomic E-state index is -0.316. The van der Waals surface area contributed by atoms with Crippen molar-refractivity contribution < 1.29 is 9.18 Å². The quantitative estimate of drug-likeness (QED) is 0.219. The van der Waals surface area contributed by atoms with E-state index < -0.39 is 0 Å². The third-order valence-electron chi connectivity index (χ3n) is 6.07. The zero-order valence-electron chi connectivity index (χ0n) is 20.5. The van der Waals surface area contributed by atoms with Gasteiger partial charge in [0, 0.05) is 31.6 Å². The van der Waals surface area contributed by atoms with Crippen LogP contribution >= 0.6 is 35.0 Å². The SMILES string of the molecule is Cc1ccc(Sc2ccc(NC(=O)CNC(Cc3ccc(Cl)cc3Cl)c3ccc(F)cc3)cc2)cc1C. The molecule has 0 saturated heterocycles. The van der Waals surface area contributed by atoms with E-state index in [4.69, 9.17) is 23.2 Å². The van der Waals surface area contributed by atoms with Crippen LogP contribution in [0.1, 0.15) is 28.3 Å². The van der Waals surface area contributed by atoms with Gasteiger partial charge in [-0.3, -0.25) is 4.79 Å². The van der Waals surface area contributed by atoms with Crippen LogP contribution in [0.5, 0.6) is 0 Å². The molecular weight excluding hydrogens is 526 g/mol. The van der Waals surface area contributed by atoms with Gasteiger partial charge in [-0.1, -0.05) is 59.2 Å². The van der Waals surface area contributed by atoms with Crippen molar-refractivity contribution in [2.75, 3.05) is 11.9 Å². The molecule has 1 atom stereocenters. The maximum Gasteiger partial charge on any atom is 0.238 e. The number of carbonyl (C=O) groups is 1. The van der Waals surface area contributed by atoms with Crippen molar-refractivity contribution >= 4 is 46.6 Å². The minimum Gasteiger partial charge on any atom is -0.325 e. The topological polar surface area (TPSA) is 41.1 Å². The molecule has 37 heavy (non-hydrogen) atoms. The Morgan fingerprint density at radius 2 is 1.57 bits per heavy atom. The molecule has 0 aromatic heterocycles. The van der Waals surface area contributed by atoms with Gasteiger partial charge in [0.1, 0.15) is 5.82 Å². The van der Waals surface area contributed by atoms with E-state index in [-0.39, 0.29) is 24.3 Å². The van der Waals surface area contributed by atoms with Crippen molar-refractivity contribution in [1.82, 2.24) is 5.32 Å². The van der Waals surface area contributed by atoms with E-state index in [1.807, 2.05) is 30.3 Å². The highest BCUT2D eigenvalue weighted by Crippen LogP contribution is 2.30. The van der Waals surface area contributed by atoms with Gasteiger partial charge >= 0.3 is 0 Å². The Morgan fingerprint density at radius 1 is 0.865 bits per heavy atom. The highest BCUT2D eigenvalue weighted by Gasteiger charge is 2.16. The molecule has 0 fully saturated rings. The number of halogens is 3. The van der Waals surface area contributed by atoms with Crippen LogP contribution < -0.4 is 10.6 Å². The van der Waals surface area contributed by atoms with Gasteiger partial charge in [0.25, 0.3) is 0 Å². The fraction of sp³-hybridized carbons (Fsp3) is 0.167. The Hall–Kier alpha value is -2.83. The van der Waals surface area contributed by atoms with Crippen LogP contribution in [0.2, 0.25) is 10.0 Å². The summed E-state index contributed by atoms with van der Waals surface area (Å²) in [5.41, 5.74) is 4.99. The van der Waals surface area contributed by atoms with Crippen LogP contribution in [0.15, 0.2) is 94.7 Å². The van der Waals surface area contributed by atoms with Crippen LogP contribution in [0.25, 0.3) is 0 Å². The van der Waals surface area contributed by atoms with Crippen molar-refractivity contribution in [3.05, 3.63) is 123 Å². The van der Waals surface area contributed by atoms with Crippen molar-refractivity contribution in [3.63, 3.8) is 0 Å². The second-order valence-corrected chi connectivity index (χ2v) is 10.8. The maximum atomic E-state index is 13.5. The molecule has 4 aromatic carbocycles. The van der Waals surface area contributed by atoms with Gasteiger partial charge in [0.05, 0.1) is 6.54 Å². The molecule has 4 aromatic rings. The zero-order valence-corrected chi connectivity index (χ0v) is 22.9. The predicted molar refractivity (Wildman–Crippen MR) is 152 cm³/mol. The number of hydrogen-bond acceptors (Lipinski definition) is 3. The molecule has 1 amide bonds. The number of carbonyl (C=O) groups excluding carboxylic acids is 1. The summed E-state index contributed by atoms with van der Waals surface area (Å²) >= 11 is 14.1. The normalized spacial score (nSPS) is 11.8. The Morgan fingerprint density at radius 3 is 2.24 bits per heavy atom. The molecule has 2 N–H and O–H groups in total. The Bertz CT molecular complexity index is 1380. The van der Waals surface area contributed by atoms with Gasteiger partial charge < -0.3 is 10.6 Å². The van der Waals surface area contributed by atoms with Gasteiger partial charge in [-0.2, -0.15) is 0 Å². The third kappa shape index (κ3) is 7.83. The summed E-state index contributed by atoms with van der Waals surface area (Å²) in [5.74, 6) is -0.493. The molecule has 0 radical (unpaired) electrons. The number of aryl methyl sites for hydroxylation is 2. The molecule has 0 aliphatic rings. The summed E-state index contributed by atoms with van der Waals surface area (Å²) in [4.78, 5) is 15.0. The molecule has 7 heteroatoms. The first kappa shape index (κ1) is 27.2. The number of benzene rings is 4. The molecule has 0 bridgehead atoms. The van der Waals surface area contributed by atoms with E-state index >= 15 is 0 Å². The average molecular weight is 554 g/mol. The van der Waals surface area contributed by atoms with E-state index in [0.717, 1.165) is 21.7 Å². The van der Waals surface area contributed by atoms with Crippen LogP contribution in [0.4, 0.5) is 10.1 Å². The molecule has 1 unspecified atom stereocenters. The van der Waals surface area contributed by atoms with Crippen LogP contribution in [0, 0.1) is 19.7 Å². The van der Waals surface area contributed by atoms with Crippen molar-refractivity contribution in [1.29, 1.82) is 0 Å². The van der Waals surface area contributed by atoms with Crippen molar-refractivity contribution in [2.24, 2.45) is 0 Å². The number of nitrogens with one attached hydrogen (secondary N) is 2. The highest BCUT2D eigenvalue weighted by atomic mass is 35.5. The van der Waals surface area contributed by atoms with E-state index in [0.29, 0.717) is 16.5 Å². The monoisotopic (exact) mass is 552 g/mol. The van der Waals surface area contributed by atoms with E-state index in [1.54, 1.807) is 36.0 Å². The lowest BCUT2D eigenvalue weighted by atomic mass is 9.98. The molecular formula is C30H27Cl2FN2OS. The molecule has 0 saturated carbocycles. The lowest BCUT2D eigenvalue weighted by Gasteiger charge is -2.20. The highest BCUT2D eigenvalue weighted by molar-refractivity contribution is 7.99. The standard InChI is InChI=1S/C30H27Cl2FN2OS/c1-19-3-12-27(15-20(19)2)37-26-13-10-25(11-14-26)35-30(36)18-34-29(21-5-8-24(33)9-6-21)16-22-4-7-23(31)17-28(22)32/h3-15,17,29,34H,16,18H2,1-2H3,(H,35,36). The molecule has 0 heterocycles. The Labute approximate surface area is 231 Å². The van der Waals surface area contributed by atoms with Gasteiger partial charge in [0.2, 0.25) is 5.91 Å². The predicted octanol–water partition coefficient (Wildman–Crippen LogP) is 8.41. The largest absolute Gasteiger partial charge is 0.325 e. The Kier molecular flexibility index (Phi) is 9.28. The number of anilines is 1. The van der Waals surface area contributed by atoms with E-state index in [2.05, 4.69) is 42.7 Å². The molecule has 0 spiro atoms. The first-order valence-corrected chi connectivity index (χ1v) is 13.4. The van der Waals surface area contributed by atoms with Crippen molar-refractivity contribution in [3.8, 4) is 0 Å². The summed E-state index contributed by atoms with van der Waals surface area (Å²) in [5, 5.41) is 7.32. The van der Waals surface area contributed by atoms with E-state index in [9.17, 15) is 9.18 Å². The van der Waals surface area contributed by atoms with E-state index in [1.165, 1.54) is 28.2 Å². The van der Waals surface area contributed by atoms with Gasteiger partial charge in [-0.05, 0) is 103 Å². The van der Waals surface area contributed by atoms with Gasteiger partial charge in [-0.25, -0.2) is 4.39 Å². The number of rotatable bonds is 9. The fourth-order valence-corrected chi connectivity index (χ4v) is 5.25. The van der Waals surface area contributed by atoms with Crippen LogP contribution in [0.3, 0.4) is 0 Å². The number of hydrogen-bond donors (Lipinski definition) is 2. The smallest absolute Gasteiger partial charge is 0.238 e. The maximum absolute atomic E-state index is 13.5. The average Bonchev–Trinajstić information content (AvgIpc) is 2.87. The zero-order chi connectivity index (χ0) is 26.4. The summed E-state index contributed by atoms with van der Waals surface area (Å²) in [7, 11) is 0. The summed E-state index contributed by atoms with van der Waals surface area (Å²) in [6, 6.07) is 25.5. The summed E-state index contributed by atoms with van der Waals surface area (Å²) in [6.45, 7) is 4.29. The molecule has 0 aliphatic carbocycles.